The summed E-state index contributed by atoms with van der Waals surface area (Å²) in [5.41, 5.74) is 3.62. The summed E-state index contributed by atoms with van der Waals surface area (Å²) in [4.78, 5) is 37.1. The van der Waals surface area contributed by atoms with Crippen molar-refractivity contribution in [3.05, 3.63) is 95.9 Å². The van der Waals surface area contributed by atoms with Crippen molar-refractivity contribution in [2.45, 2.75) is 19.9 Å². The molecular formula is C25H26N4O4. The van der Waals surface area contributed by atoms with Gasteiger partial charge < -0.3 is 26.0 Å². The number of allylic oxidation sites excluding steroid dienone is 2. The van der Waals surface area contributed by atoms with Gasteiger partial charge in [-0.25, -0.2) is 4.79 Å². The van der Waals surface area contributed by atoms with Gasteiger partial charge >= 0.3 is 12.0 Å². The molecule has 1 aliphatic heterocycles. The topological polar surface area (TPSA) is 111 Å². The van der Waals surface area contributed by atoms with E-state index in [0.717, 1.165) is 11.1 Å². The van der Waals surface area contributed by atoms with Crippen LogP contribution in [0.5, 0.6) is 0 Å². The van der Waals surface area contributed by atoms with Crippen LogP contribution in [0.2, 0.25) is 0 Å². The maximum Gasteiger partial charge on any atom is 0.323 e. The van der Waals surface area contributed by atoms with Crippen molar-refractivity contribution < 1.29 is 19.5 Å². The van der Waals surface area contributed by atoms with Crippen molar-refractivity contribution >= 4 is 29.3 Å². The van der Waals surface area contributed by atoms with Gasteiger partial charge in [-0.3, -0.25) is 9.59 Å². The SMILES string of the molecule is CC(=O)NC(C1=CN(CC(=O)O)C=CC=C1)c1cccc(NC(=O)Nc2ccccc2C)c1. The highest BCUT2D eigenvalue weighted by Crippen LogP contribution is 2.27. The average molecular weight is 447 g/mol. The molecule has 1 unspecified atom stereocenters. The van der Waals surface area contributed by atoms with Crippen LogP contribution in [0.3, 0.4) is 0 Å². The quantitative estimate of drug-likeness (QED) is 0.510. The van der Waals surface area contributed by atoms with Crippen molar-refractivity contribution in [3.63, 3.8) is 0 Å². The van der Waals surface area contributed by atoms with Crippen LogP contribution in [0.4, 0.5) is 16.2 Å². The number of anilines is 2. The van der Waals surface area contributed by atoms with E-state index in [0.29, 0.717) is 16.9 Å². The number of hydrogen-bond donors (Lipinski definition) is 4. The van der Waals surface area contributed by atoms with Crippen molar-refractivity contribution in [1.29, 1.82) is 0 Å². The number of aryl methyl sites for hydroxylation is 1. The number of rotatable bonds is 7. The molecule has 0 spiro atoms. The monoisotopic (exact) mass is 446 g/mol. The van der Waals surface area contributed by atoms with Gasteiger partial charge in [-0.15, -0.1) is 0 Å². The lowest BCUT2D eigenvalue weighted by Crippen LogP contribution is -2.28. The summed E-state index contributed by atoms with van der Waals surface area (Å²) in [5.74, 6) is -1.22. The standard InChI is InChI=1S/C25H26N4O4/c1-17-8-3-4-12-22(17)28-25(33)27-21-11-7-10-19(14-21)24(26-18(2)30)20-9-5-6-13-29(15-20)16-23(31)32/h3-15,24H,16H2,1-2H3,(H,26,30)(H,31,32)(H2,27,28,33). The van der Waals surface area contributed by atoms with E-state index in [1.807, 2.05) is 43.3 Å². The van der Waals surface area contributed by atoms with Crippen LogP contribution in [0.25, 0.3) is 0 Å². The van der Waals surface area contributed by atoms with Gasteiger partial charge in [-0.1, -0.05) is 42.5 Å². The number of benzene rings is 2. The van der Waals surface area contributed by atoms with Gasteiger partial charge in [0, 0.05) is 30.7 Å². The second-order valence-corrected chi connectivity index (χ2v) is 7.55. The average Bonchev–Trinajstić information content (AvgIpc) is 2.98. The lowest BCUT2D eigenvalue weighted by Gasteiger charge is -2.22. The number of carboxylic acid groups (broad SMARTS) is 1. The Bertz CT molecular complexity index is 1140. The van der Waals surface area contributed by atoms with Crippen LogP contribution < -0.4 is 16.0 Å². The summed E-state index contributed by atoms with van der Waals surface area (Å²) in [6, 6.07) is 13.7. The Morgan fingerprint density at radius 1 is 1.03 bits per heavy atom. The molecule has 1 heterocycles. The van der Waals surface area contributed by atoms with Crippen molar-refractivity contribution in [2.24, 2.45) is 0 Å². The molecule has 2 aromatic carbocycles. The Morgan fingerprint density at radius 2 is 1.82 bits per heavy atom. The van der Waals surface area contributed by atoms with E-state index in [1.54, 1.807) is 42.8 Å². The highest BCUT2D eigenvalue weighted by molar-refractivity contribution is 6.00. The molecule has 8 heteroatoms. The predicted octanol–water partition coefficient (Wildman–Crippen LogP) is 4.17. The minimum atomic E-state index is -0.973. The number of para-hydroxylation sites is 1. The van der Waals surface area contributed by atoms with Crippen molar-refractivity contribution in [3.8, 4) is 0 Å². The zero-order valence-electron chi connectivity index (χ0n) is 18.4. The molecule has 0 fully saturated rings. The maximum atomic E-state index is 12.5. The first-order valence-electron chi connectivity index (χ1n) is 10.4. The molecular weight excluding hydrogens is 420 g/mol. The van der Waals surface area contributed by atoms with Crippen molar-refractivity contribution in [1.82, 2.24) is 10.2 Å². The summed E-state index contributed by atoms with van der Waals surface area (Å²) in [6.45, 7) is 3.11. The molecule has 0 aliphatic carbocycles. The fraction of sp³-hybridized carbons (Fsp3) is 0.160. The number of nitrogens with one attached hydrogen (secondary N) is 3. The first-order valence-corrected chi connectivity index (χ1v) is 10.4. The molecule has 33 heavy (non-hydrogen) atoms. The Morgan fingerprint density at radius 3 is 2.55 bits per heavy atom. The molecule has 0 saturated heterocycles. The van der Waals surface area contributed by atoms with Gasteiger partial charge in [0.1, 0.15) is 6.54 Å². The number of carbonyl (C=O) groups is 3. The van der Waals surface area contributed by atoms with Crippen LogP contribution in [0.15, 0.2) is 84.7 Å². The molecule has 3 amide bonds. The van der Waals surface area contributed by atoms with Crippen LogP contribution in [-0.2, 0) is 9.59 Å². The van der Waals surface area contributed by atoms with Gasteiger partial charge in [-0.05, 0) is 47.9 Å². The molecule has 0 bridgehead atoms. The molecule has 4 N–H and O–H groups in total. The number of carboxylic acids is 1. The minimum Gasteiger partial charge on any atom is -0.480 e. The lowest BCUT2D eigenvalue weighted by molar-refractivity contribution is -0.137. The lowest BCUT2D eigenvalue weighted by atomic mass is 9.98. The van der Waals surface area contributed by atoms with E-state index in [-0.39, 0.29) is 18.5 Å². The van der Waals surface area contributed by atoms with Gasteiger partial charge in [0.05, 0.1) is 6.04 Å². The van der Waals surface area contributed by atoms with Crippen LogP contribution >= 0.6 is 0 Å². The largest absolute Gasteiger partial charge is 0.480 e. The summed E-state index contributed by atoms with van der Waals surface area (Å²) in [6.07, 6.45) is 8.64. The number of urea groups is 1. The number of carbonyl (C=O) groups excluding carboxylic acids is 2. The summed E-state index contributed by atoms with van der Waals surface area (Å²) >= 11 is 0. The van der Waals surface area contributed by atoms with Gasteiger partial charge in [0.25, 0.3) is 0 Å². The zero-order chi connectivity index (χ0) is 23.8. The summed E-state index contributed by atoms with van der Waals surface area (Å²) in [7, 11) is 0. The van der Waals surface area contributed by atoms with E-state index >= 15 is 0 Å². The van der Waals surface area contributed by atoms with E-state index in [9.17, 15) is 14.4 Å². The van der Waals surface area contributed by atoms with Gasteiger partial charge in [-0.2, -0.15) is 0 Å². The second-order valence-electron chi connectivity index (χ2n) is 7.55. The van der Waals surface area contributed by atoms with E-state index < -0.39 is 12.0 Å². The smallest absolute Gasteiger partial charge is 0.323 e. The molecule has 1 aliphatic rings. The fourth-order valence-corrected chi connectivity index (χ4v) is 3.39. The second kappa shape index (κ2) is 10.8. The first-order chi connectivity index (χ1) is 15.8. The Labute approximate surface area is 192 Å². The molecule has 8 nitrogen and oxygen atoms in total. The van der Waals surface area contributed by atoms with E-state index in [4.69, 9.17) is 5.11 Å². The zero-order valence-corrected chi connectivity index (χ0v) is 18.4. The number of aliphatic carboxylic acids is 1. The Kier molecular flexibility index (Phi) is 7.64. The molecule has 1 atom stereocenters. The highest BCUT2D eigenvalue weighted by atomic mass is 16.4. The normalized spacial score (nSPS) is 13.5. The maximum absolute atomic E-state index is 12.5. The third kappa shape index (κ3) is 6.83. The van der Waals surface area contributed by atoms with Crippen LogP contribution in [-0.4, -0.2) is 34.5 Å². The highest BCUT2D eigenvalue weighted by Gasteiger charge is 2.19. The Hall–Kier alpha value is -4.33. The van der Waals surface area contributed by atoms with Gasteiger partial charge in [0.15, 0.2) is 0 Å². The minimum absolute atomic E-state index is 0.213. The fourth-order valence-electron chi connectivity index (χ4n) is 3.39. The first kappa shape index (κ1) is 23.3. The third-order valence-electron chi connectivity index (χ3n) is 4.86. The number of amides is 3. The molecule has 0 saturated carbocycles. The number of nitrogens with zero attached hydrogens (tertiary/aromatic N) is 1. The van der Waals surface area contributed by atoms with Gasteiger partial charge in [0.2, 0.25) is 5.91 Å². The van der Waals surface area contributed by atoms with Crippen LogP contribution in [0, 0.1) is 6.92 Å². The van der Waals surface area contributed by atoms with E-state index in [1.165, 1.54) is 11.8 Å². The predicted molar refractivity (Wildman–Crippen MR) is 128 cm³/mol. The molecule has 170 valence electrons. The Balaban J connectivity index is 1.84. The van der Waals surface area contributed by atoms with Crippen LogP contribution in [0.1, 0.15) is 24.1 Å². The summed E-state index contributed by atoms with van der Waals surface area (Å²) in [5, 5.41) is 17.7. The molecule has 3 rings (SSSR count). The van der Waals surface area contributed by atoms with E-state index in [2.05, 4.69) is 16.0 Å². The number of hydrogen-bond acceptors (Lipinski definition) is 4. The van der Waals surface area contributed by atoms with Crippen molar-refractivity contribution in [2.75, 3.05) is 17.2 Å². The molecule has 0 radical (unpaired) electrons. The molecule has 0 aromatic heterocycles. The molecule has 2 aromatic rings. The summed E-state index contributed by atoms with van der Waals surface area (Å²) < 4.78 is 0. The third-order valence-corrected chi connectivity index (χ3v) is 4.86.